The molecule has 1 rings (SSSR count). The summed E-state index contributed by atoms with van der Waals surface area (Å²) in [6, 6.07) is 8.05. The van der Waals surface area contributed by atoms with Gasteiger partial charge in [-0.05, 0) is 30.7 Å². The van der Waals surface area contributed by atoms with Crippen molar-refractivity contribution in [1.82, 2.24) is 0 Å². The third kappa shape index (κ3) is 2.82. The minimum atomic E-state index is 1.02. The van der Waals surface area contributed by atoms with Gasteiger partial charge in [0.1, 0.15) is 0 Å². The quantitative estimate of drug-likeness (QED) is 0.533. The zero-order chi connectivity index (χ0) is 8.81. The van der Waals surface area contributed by atoms with Crippen LogP contribution in [-0.4, -0.2) is 0 Å². The molecule has 1 heteroatoms. The van der Waals surface area contributed by atoms with Crippen LogP contribution in [0.15, 0.2) is 35.9 Å². The molecule has 0 aliphatic heterocycles. The minimum Gasteiger partial charge on any atom is -0.0923 e. The highest BCUT2D eigenvalue weighted by molar-refractivity contribution is 6.25. The molecule has 0 nitrogen and oxygen atoms in total. The van der Waals surface area contributed by atoms with Crippen LogP contribution in [0.1, 0.15) is 11.1 Å². The maximum absolute atomic E-state index is 5.32. The van der Waals surface area contributed by atoms with Crippen molar-refractivity contribution < 1.29 is 0 Å². The van der Waals surface area contributed by atoms with Crippen molar-refractivity contribution in [2.75, 3.05) is 0 Å². The van der Waals surface area contributed by atoms with Gasteiger partial charge in [-0.15, -0.1) is 0 Å². The Balaban J connectivity index is 2.85. The first-order valence-electron chi connectivity index (χ1n) is 3.66. The van der Waals surface area contributed by atoms with Gasteiger partial charge < -0.3 is 0 Å². The van der Waals surface area contributed by atoms with Crippen LogP contribution in [-0.2, 0) is 0 Å². The molecule has 12 heavy (non-hydrogen) atoms. The second-order valence-electron chi connectivity index (χ2n) is 2.43. The molecule has 0 N–H and O–H groups in total. The number of aryl methyl sites for hydroxylation is 1. The van der Waals surface area contributed by atoms with Crippen LogP contribution in [0.25, 0.3) is 0 Å². The fourth-order valence-corrected chi connectivity index (χ4v) is 0.942. The van der Waals surface area contributed by atoms with Crippen LogP contribution >= 0.6 is 11.6 Å². The highest BCUT2D eigenvalue weighted by Crippen LogP contribution is 2.01. The van der Waals surface area contributed by atoms with E-state index in [1.807, 2.05) is 31.2 Å². The summed E-state index contributed by atoms with van der Waals surface area (Å²) in [6.45, 7) is 2.04. The average molecular weight is 177 g/mol. The summed E-state index contributed by atoms with van der Waals surface area (Å²) < 4.78 is 0. The van der Waals surface area contributed by atoms with Gasteiger partial charge in [0, 0.05) is 11.1 Å². The topological polar surface area (TPSA) is 0 Å². The first-order chi connectivity index (χ1) is 5.83. The van der Waals surface area contributed by atoms with E-state index in [1.165, 1.54) is 11.1 Å². The van der Waals surface area contributed by atoms with Gasteiger partial charge in [0.25, 0.3) is 0 Å². The molecule has 0 radical (unpaired) electrons. The molecule has 60 valence electrons. The Morgan fingerprint density at radius 2 is 2.25 bits per heavy atom. The molecule has 0 heterocycles. The molecule has 0 atom stereocenters. The number of benzene rings is 1. The van der Waals surface area contributed by atoms with Crippen molar-refractivity contribution in [2.24, 2.45) is 0 Å². The third-order valence-corrected chi connectivity index (χ3v) is 1.51. The summed E-state index contributed by atoms with van der Waals surface area (Å²) in [4.78, 5) is 0. The van der Waals surface area contributed by atoms with Crippen molar-refractivity contribution in [3.8, 4) is 11.8 Å². The Hall–Kier alpha value is -1.19. The maximum Gasteiger partial charge on any atom is 0.0251 e. The van der Waals surface area contributed by atoms with Crippen LogP contribution in [0.4, 0.5) is 0 Å². The standard InChI is InChI=1S/C11H9Cl/c1-10-5-4-7-11(9-10)6-2-3-8-12/h3-5,7-9H,1H3/b8-3-. The van der Waals surface area contributed by atoms with Gasteiger partial charge in [0.15, 0.2) is 0 Å². The molecule has 1 aromatic carbocycles. The first kappa shape index (κ1) is 8.90. The van der Waals surface area contributed by atoms with E-state index in [4.69, 9.17) is 11.6 Å². The highest BCUT2D eigenvalue weighted by Gasteiger charge is 1.84. The molecule has 0 aromatic heterocycles. The number of halogens is 1. The van der Waals surface area contributed by atoms with Gasteiger partial charge in [-0.25, -0.2) is 0 Å². The lowest BCUT2D eigenvalue weighted by Gasteiger charge is -1.90. The number of rotatable bonds is 0. The van der Waals surface area contributed by atoms with Gasteiger partial charge in [-0.1, -0.05) is 35.6 Å². The predicted octanol–water partition coefficient (Wildman–Crippen LogP) is 3.10. The molecule has 0 saturated heterocycles. The number of allylic oxidation sites excluding steroid dienone is 1. The van der Waals surface area contributed by atoms with Gasteiger partial charge in [-0.3, -0.25) is 0 Å². The van der Waals surface area contributed by atoms with Crippen molar-refractivity contribution in [3.05, 3.63) is 47.0 Å². The summed E-state index contributed by atoms with van der Waals surface area (Å²) in [7, 11) is 0. The Kier molecular flexibility index (Phi) is 3.44. The third-order valence-electron chi connectivity index (χ3n) is 1.38. The van der Waals surface area contributed by atoms with Crippen LogP contribution < -0.4 is 0 Å². The van der Waals surface area contributed by atoms with Gasteiger partial charge in [0.2, 0.25) is 0 Å². The predicted molar refractivity (Wildman–Crippen MR) is 53.1 cm³/mol. The Morgan fingerprint density at radius 3 is 2.92 bits per heavy atom. The smallest absolute Gasteiger partial charge is 0.0251 e. The SMILES string of the molecule is Cc1cccc(C#C/C=C\Cl)c1. The van der Waals surface area contributed by atoms with Crippen LogP contribution in [0.5, 0.6) is 0 Å². The van der Waals surface area contributed by atoms with E-state index in [9.17, 15) is 0 Å². The normalized spacial score (nSPS) is 9.50. The zero-order valence-electron chi connectivity index (χ0n) is 6.84. The summed E-state index contributed by atoms with van der Waals surface area (Å²) in [5, 5.41) is 0. The summed E-state index contributed by atoms with van der Waals surface area (Å²) in [6.07, 6.45) is 1.61. The van der Waals surface area contributed by atoms with Crippen molar-refractivity contribution >= 4 is 11.6 Å². The van der Waals surface area contributed by atoms with Gasteiger partial charge in [-0.2, -0.15) is 0 Å². The van der Waals surface area contributed by atoms with Crippen molar-refractivity contribution in [1.29, 1.82) is 0 Å². The lowest BCUT2D eigenvalue weighted by Crippen LogP contribution is -1.74. The van der Waals surface area contributed by atoms with Crippen LogP contribution in [0.2, 0.25) is 0 Å². The average Bonchev–Trinajstić information content (AvgIpc) is 2.05. The van der Waals surface area contributed by atoms with Crippen molar-refractivity contribution in [2.45, 2.75) is 6.92 Å². The Morgan fingerprint density at radius 1 is 1.42 bits per heavy atom. The summed E-state index contributed by atoms with van der Waals surface area (Å²) >= 11 is 5.32. The summed E-state index contributed by atoms with van der Waals surface area (Å²) in [5.74, 6) is 5.78. The molecule has 0 amide bonds. The van der Waals surface area contributed by atoms with Crippen LogP contribution in [0, 0.1) is 18.8 Å². The fourth-order valence-electron chi connectivity index (χ4n) is 0.879. The molecule has 0 aliphatic carbocycles. The van der Waals surface area contributed by atoms with Gasteiger partial charge >= 0.3 is 0 Å². The molecule has 0 bridgehead atoms. The highest BCUT2D eigenvalue weighted by atomic mass is 35.5. The minimum absolute atomic E-state index is 1.02. The first-order valence-corrected chi connectivity index (χ1v) is 4.10. The largest absolute Gasteiger partial charge is 0.0923 e. The molecule has 0 unspecified atom stereocenters. The second kappa shape index (κ2) is 4.64. The van der Waals surface area contributed by atoms with E-state index in [-0.39, 0.29) is 0 Å². The monoisotopic (exact) mass is 176 g/mol. The molecule has 0 spiro atoms. The van der Waals surface area contributed by atoms with E-state index >= 15 is 0 Å². The van der Waals surface area contributed by atoms with E-state index in [2.05, 4.69) is 11.8 Å². The lowest BCUT2D eigenvalue weighted by atomic mass is 10.1. The van der Waals surface area contributed by atoms with E-state index in [0.717, 1.165) is 5.56 Å². The molecule has 0 fully saturated rings. The number of hydrogen-bond donors (Lipinski definition) is 0. The van der Waals surface area contributed by atoms with E-state index in [1.54, 1.807) is 6.08 Å². The maximum atomic E-state index is 5.32. The molecular weight excluding hydrogens is 168 g/mol. The summed E-state index contributed by atoms with van der Waals surface area (Å²) in [5.41, 5.74) is 3.64. The zero-order valence-corrected chi connectivity index (χ0v) is 7.60. The molecule has 0 aliphatic rings. The lowest BCUT2D eigenvalue weighted by molar-refractivity contribution is 1.46. The Labute approximate surface area is 77.9 Å². The van der Waals surface area contributed by atoms with Crippen molar-refractivity contribution in [3.63, 3.8) is 0 Å². The Bertz CT molecular complexity index is 340. The molecule has 0 saturated carbocycles. The van der Waals surface area contributed by atoms with Gasteiger partial charge in [0.05, 0.1) is 0 Å². The fraction of sp³-hybridized carbons (Fsp3) is 0.0909. The molecular formula is C11H9Cl. The number of hydrogen-bond acceptors (Lipinski definition) is 0. The van der Waals surface area contributed by atoms with E-state index < -0.39 is 0 Å². The van der Waals surface area contributed by atoms with Crippen LogP contribution in [0.3, 0.4) is 0 Å². The van der Waals surface area contributed by atoms with E-state index in [0.29, 0.717) is 0 Å². The second-order valence-corrected chi connectivity index (χ2v) is 2.68. The molecule has 1 aromatic rings.